The van der Waals surface area contributed by atoms with E-state index in [2.05, 4.69) is 20.3 Å². The summed E-state index contributed by atoms with van der Waals surface area (Å²) in [4.78, 5) is 19.8. The monoisotopic (exact) mass is 391 g/mol. The minimum Gasteiger partial charge on any atom is -0.383 e. The van der Waals surface area contributed by atoms with E-state index in [4.69, 9.17) is 4.74 Å². The van der Waals surface area contributed by atoms with Crippen molar-refractivity contribution in [3.8, 4) is 11.4 Å². The molecule has 2 aromatic heterocycles. The van der Waals surface area contributed by atoms with E-state index >= 15 is 0 Å². The largest absolute Gasteiger partial charge is 0.383 e. The van der Waals surface area contributed by atoms with Gasteiger partial charge in [0.1, 0.15) is 0 Å². The first-order valence-electron chi connectivity index (χ1n) is 10.1. The molecule has 1 N–H and O–H groups in total. The van der Waals surface area contributed by atoms with Crippen molar-refractivity contribution >= 4 is 17.1 Å². The van der Waals surface area contributed by atoms with Crippen molar-refractivity contribution in [1.82, 2.24) is 19.5 Å². The number of nitrogens with zero attached hydrogens (tertiary/aromatic N) is 4. The predicted octanol–water partition coefficient (Wildman–Crippen LogP) is 2.75. The number of likely N-dealkylation sites (tertiary alicyclic amines) is 1. The number of amides is 1. The standard InChI is InChI=1S/C22H25N5O2/c1-14-5-6-16(12-18(14)21-23-13-17-4-3-7-27(17)25-21)24-22(28)20-11-15-10-19(15)26(20)8-9-29-2/h3-7,12-13,15,19-20H,8-11H2,1-2H3,(H,24,28)/t15-,19-,20-/m1/s1. The molecule has 3 heterocycles. The molecule has 3 aromatic rings. The van der Waals surface area contributed by atoms with E-state index in [1.807, 2.05) is 54.2 Å². The molecule has 2 fully saturated rings. The number of carbonyl (C=O) groups excluding carboxylic acids is 1. The van der Waals surface area contributed by atoms with Crippen LogP contribution < -0.4 is 5.32 Å². The fourth-order valence-corrected chi connectivity index (χ4v) is 4.44. The van der Waals surface area contributed by atoms with Gasteiger partial charge in [0.05, 0.1) is 24.4 Å². The average molecular weight is 391 g/mol. The second-order valence-corrected chi connectivity index (χ2v) is 8.02. The number of fused-ring (bicyclic) bond motifs is 2. The van der Waals surface area contributed by atoms with Gasteiger partial charge in [-0.3, -0.25) is 9.69 Å². The molecular formula is C22H25N5O2. The first-order valence-corrected chi connectivity index (χ1v) is 10.1. The van der Waals surface area contributed by atoms with Crippen LogP contribution in [0, 0.1) is 12.8 Å². The molecule has 1 amide bonds. The lowest BCUT2D eigenvalue weighted by Gasteiger charge is -2.26. The Kier molecular flexibility index (Phi) is 4.56. The fraction of sp³-hybridized carbons (Fsp3) is 0.409. The van der Waals surface area contributed by atoms with Crippen molar-refractivity contribution in [2.24, 2.45) is 5.92 Å². The van der Waals surface area contributed by atoms with Gasteiger partial charge in [0.15, 0.2) is 5.82 Å². The number of benzene rings is 1. The maximum Gasteiger partial charge on any atom is 0.241 e. The Hall–Kier alpha value is -2.77. The van der Waals surface area contributed by atoms with Gasteiger partial charge in [-0.15, -0.1) is 5.10 Å². The van der Waals surface area contributed by atoms with Gasteiger partial charge in [-0.2, -0.15) is 0 Å². The van der Waals surface area contributed by atoms with E-state index < -0.39 is 0 Å². The van der Waals surface area contributed by atoms with Crippen molar-refractivity contribution in [2.45, 2.75) is 31.8 Å². The molecule has 1 saturated heterocycles. The number of carbonyl (C=O) groups is 1. The Labute approximate surface area is 169 Å². The van der Waals surface area contributed by atoms with Crippen molar-refractivity contribution in [2.75, 3.05) is 25.6 Å². The van der Waals surface area contributed by atoms with Gasteiger partial charge >= 0.3 is 0 Å². The number of aryl methyl sites for hydroxylation is 1. The molecule has 0 unspecified atom stereocenters. The Balaban J connectivity index is 1.36. The number of ether oxygens (including phenoxy) is 1. The number of hydrogen-bond donors (Lipinski definition) is 1. The highest BCUT2D eigenvalue weighted by Gasteiger charge is 2.53. The average Bonchev–Trinajstić information content (AvgIpc) is 3.17. The molecule has 1 aromatic carbocycles. The molecule has 1 aliphatic carbocycles. The molecule has 1 aliphatic heterocycles. The molecule has 0 spiro atoms. The number of hydrogen-bond acceptors (Lipinski definition) is 5. The summed E-state index contributed by atoms with van der Waals surface area (Å²) in [5, 5.41) is 7.71. The molecule has 2 aliphatic rings. The summed E-state index contributed by atoms with van der Waals surface area (Å²) in [6.07, 6.45) is 5.86. The molecular weight excluding hydrogens is 366 g/mol. The fourth-order valence-electron chi connectivity index (χ4n) is 4.44. The highest BCUT2D eigenvalue weighted by atomic mass is 16.5. The maximum absolute atomic E-state index is 13.0. The first kappa shape index (κ1) is 18.3. The second-order valence-electron chi connectivity index (χ2n) is 8.02. The number of piperidine rings is 1. The van der Waals surface area contributed by atoms with Crippen molar-refractivity contribution in [3.63, 3.8) is 0 Å². The van der Waals surface area contributed by atoms with E-state index in [-0.39, 0.29) is 11.9 Å². The Morgan fingerprint density at radius 3 is 3.07 bits per heavy atom. The van der Waals surface area contributed by atoms with E-state index in [1.165, 1.54) is 6.42 Å². The molecule has 3 atom stereocenters. The summed E-state index contributed by atoms with van der Waals surface area (Å²) in [5.74, 6) is 1.37. The zero-order valence-electron chi connectivity index (χ0n) is 16.7. The molecule has 1 saturated carbocycles. The molecule has 150 valence electrons. The summed E-state index contributed by atoms with van der Waals surface area (Å²) in [7, 11) is 1.70. The summed E-state index contributed by atoms with van der Waals surface area (Å²) >= 11 is 0. The first-order chi connectivity index (χ1) is 14.1. The number of aromatic nitrogens is 3. The Bertz CT molecular complexity index is 1060. The molecule has 7 nitrogen and oxygen atoms in total. The van der Waals surface area contributed by atoms with Crippen LogP contribution in [0.5, 0.6) is 0 Å². The zero-order valence-corrected chi connectivity index (χ0v) is 16.7. The van der Waals surface area contributed by atoms with Crippen LogP contribution in [0.25, 0.3) is 16.9 Å². The van der Waals surface area contributed by atoms with Crippen molar-refractivity contribution < 1.29 is 9.53 Å². The normalized spacial score (nSPS) is 23.3. The van der Waals surface area contributed by atoms with Gasteiger partial charge in [0, 0.05) is 37.1 Å². The van der Waals surface area contributed by atoms with Crippen LogP contribution in [0.15, 0.2) is 42.7 Å². The third kappa shape index (κ3) is 3.41. The third-order valence-electron chi connectivity index (χ3n) is 6.12. The number of anilines is 1. The Morgan fingerprint density at radius 1 is 1.31 bits per heavy atom. The lowest BCUT2D eigenvalue weighted by atomic mass is 10.1. The van der Waals surface area contributed by atoms with Crippen molar-refractivity contribution in [1.29, 1.82) is 0 Å². The maximum atomic E-state index is 13.0. The van der Waals surface area contributed by atoms with Gasteiger partial charge < -0.3 is 10.1 Å². The van der Waals surface area contributed by atoms with E-state index in [0.29, 0.717) is 24.4 Å². The van der Waals surface area contributed by atoms with Crippen molar-refractivity contribution in [3.05, 3.63) is 48.3 Å². The summed E-state index contributed by atoms with van der Waals surface area (Å²) in [6, 6.07) is 10.3. The van der Waals surface area contributed by atoms with Crippen LogP contribution in [-0.2, 0) is 9.53 Å². The number of rotatable bonds is 6. The second kappa shape index (κ2) is 7.24. The molecule has 29 heavy (non-hydrogen) atoms. The Morgan fingerprint density at radius 2 is 2.21 bits per heavy atom. The number of methoxy groups -OCH3 is 1. The lowest BCUT2D eigenvalue weighted by molar-refractivity contribution is -0.121. The topological polar surface area (TPSA) is 71.8 Å². The van der Waals surface area contributed by atoms with Gasteiger partial charge in [-0.1, -0.05) is 6.07 Å². The van der Waals surface area contributed by atoms with E-state index in [9.17, 15) is 4.79 Å². The van der Waals surface area contributed by atoms with Gasteiger partial charge in [0.2, 0.25) is 5.91 Å². The zero-order chi connectivity index (χ0) is 20.0. The summed E-state index contributed by atoms with van der Waals surface area (Å²) in [6.45, 7) is 3.49. The van der Waals surface area contributed by atoms with Crippen LogP contribution in [-0.4, -0.2) is 57.8 Å². The van der Waals surface area contributed by atoms with Crippen LogP contribution >= 0.6 is 0 Å². The minimum atomic E-state index is -0.0777. The van der Waals surface area contributed by atoms with Gasteiger partial charge in [0.25, 0.3) is 0 Å². The lowest BCUT2D eigenvalue weighted by Crippen LogP contribution is -2.43. The van der Waals surface area contributed by atoms with Crippen LogP contribution in [0.4, 0.5) is 5.69 Å². The van der Waals surface area contributed by atoms with E-state index in [1.54, 1.807) is 7.11 Å². The smallest absolute Gasteiger partial charge is 0.241 e. The van der Waals surface area contributed by atoms with Crippen LogP contribution in [0.3, 0.4) is 0 Å². The van der Waals surface area contributed by atoms with E-state index in [0.717, 1.165) is 35.3 Å². The van der Waals surface area contributed by atoms with Gasteiger partial charge in [-0.25, -0.2) is 9.50 Å². The summed E-state index contributed by atoms with van der Waals surface area (Å²) < 4.78 is 7.04. The number of nitrogens with one attached hydrogen (secondary N) is 1. The SMILES string of the molecule is COCCN1[C@@H](C(=O)Nc2ccc(C)c(-c3ncc4cccn4n3)c2)C[C@H]2C[C@H]21. The third-order valence-corrected chi connectivity index (χ3v) is 6.12. The molecule has 7 heteroatoms. The molecule has 0 bridgehead atoms. The predicted molar refractivity (Wildman–Crippen MR) is 111 cm³/mol. The van der Waals surface area contributed by atoms with Crippen LogP contribution in [0.2, 0.25) is 0 Å². The highest BCUT2D eigenvalue weighted by molar-refractivity contribution is 5.95. The quantitative estimate of drug-likeness (QED) is 0.700. The molecule has 0 radical (unpaired) electrons. The highest BCUT2D eigenvalue weighted by Crippen LogP contribution is 2.47. The van der Waals surface area contributed by atoms with Gasteiger partial charge in [-0.05, 0) is 55.5 Å². The van der Waals surface area contributed by atoms with Crippen LogP contribution in [0.1, 0.15) is 18.4 Å². The minimum absolute atomic E-state index is 0.0601. The molecule has 5 rings (SSSR count). The summed E-state index contributed by atoms with van der Waals surface area (Å²) in [5.41, 5.74) is 3.72.